The third-order valence-corrected chi connectivity index (χ3v) is 3.01. The standard InChI is InChI=1S/C14H15F3N4O2/c1-21-6-5-12(20-21)19-13(23)18-8-11(22)9-3-2-4-10(7-9)14(15,16)17/h2-7,11,22H,8H2,1H3,(H2,18,19,20,23). The van der Waals surface area contributed by atoms with Crippen LogP contribution in [0.15, 0.2) is 36.5 Å². The largest absolute Gasteiger partial charge is 0.416 e. The van der Waals surface area contributed by atoms with Gasteiger partial charge in [0.05, 0.1) is 11.7 Å². The number of benzene rings is 1. The van der Waals surface area contributed by atoms with Crippen LogP contribution in [0, 0.1) is 0 Å². The van der Waals surface area contributed by atoms with Crippen LogP contribution in [-0.2, 0) is 13.2 Å². The predicted octanol–water partition coefficient (Wildman–Crippen LogP) is 2.29. The van der Waals surface area contributed by atoms with Gasteiger partial charge in [0.1, 0.15) is 0 Å². The lowest BCUT2D eigenvalue weighted by Gasteiger charge is -2.14. The molecule has 0 aliphatic rings. The van der Waals surface area contributed by atoms with E-state index in [4.69, 9.17) is 0 Å². The summed E-state index contributed by atoms with van der Waals surface area (Å²) < 4.78 is 39.4. The van der Waals surface area contributed by atoms with Gasteiger partial charge in [0.25, 0.3) is 0 Å². The number of rotatable bonds is 4. The highest BCUT2D eigenvalue weighted by Crippen LogP contribution is 2.30. The molecule has 1 atom stereocenters. The Labute approximate surface area is 129 Å². The van der Waals surface area contributed by atoms with Crippen molar-refractivity contribution in [1.82, 2.24) is 15.1 Å². The molecule has 23 heavy (non-hydrogen) atoms. The van der Waals surface area contributed by atoms with Gasteiger partial charge < -0.3 is 10.4 Å². The number of nitrogens with one attached hydrogen (secondary N) is 2. The monoisotopic (exact) mass is 328 g/mol. The SMILES string of the molecule is Cn1ccc(NC(=O)NCC(O)c2cccc(C(F)(F)F)c2)n1. The average Bonchev–Trinajstić information content (AvgIpc) is 2.89. The van der Waals surface area contributed by atoms with E-state index in [1.165, 1.54) is 16.8 Å². The summed E-state index contributed by atoms with van der Waals surface area (Å²) in [6.45, 7) is -0.236. The first-order chi connectivity index (χ1) is 10.8. The first kappa shape index (κ1) is 16.8. The Hall–Kier alpha value is -2.55. The molecule has 0 aliphatic carbocycles. The molecule has 6 nitrogen and oxygen atoms in total. The number of halogens is 3. The summed E-state index contributed by atoms with van der Waals surface area (Å²) in [5, 5.41) is 18.6. The molecular formula is C14H15F3N4O2. The normalized spacial score (nSPS) is 12.7. The van der Waals surface area contributed by atoms with Crippen LogP contribution in [0.1, 0.15) is 17.2 Å². The maximum Gasteiger partial charge on any atom is 0.416 e. The van der Waals surface area contributed by atoms with Crippen LogP contribution in [0.5, 0.6) is 0 Å². The van der Waals surface area contributed by atoms with E-state index < -0.39 is 23.9 Å². The number of nitrogens with zero attached hydrogens (tertiary/aromatic N) is 2. The summed E-state index contributed by atoms with van der Waals surface area (Å²) in [5.41, 5.74) is -0.787. The van der Waals surface area contributed by atoms with E-state index in [-0.39, 0.29) is 12.1 Å². The van der Waals surface area contributed by atoms with Gasteiger partial charge in [-0.05, 0) is 17.7 Å². The molecule has 9 heteroatoms. The Balaban J connectivity index is 1.91. The summed E-state index contributed by atoms with van der Waals surface area (Å²) in [5.74, 6) is 0.318. The summed E-state index contributed by atoms with van der Waals surface area (Å²) in [6.07, 6.45) is -4.11. The van der Waals surface area contributed by atoms with Crippen LogP contribution in [0.2, 0.25) is 0 Å². The zero-order valence-corrected chi connectivity index (χ0v) is 12.1. The van der Waals surface area contributed by atoms with Crippen LogP contribution >= 0.6 is 0 Å². The fourth-order valence-electron chi connectivity index (χ4n) is 1.87. The Bertz CT molecular complexity index is 685. The van der Waals surface area contributed by atoms with Gasteiger partial charge in [-0.2, -0.15) is 18.3 Å². The summed E-state index contributed by atoms with van der Waals surface area (Å²) in [6, 6.07) is 5.28. The molecule has 0 radical (unpaired) electrons. The average molecular weight is 328 g/mol. The maximum atomic E-state index is 12.6. The fraction of sp³-hybridized carbons (Fsp3) is 0.286. The van der Waals surface area contributed by atoms with E-state index in [1.807, 2.05) is 0 Å². The lowest BCUT2D eigenvalue weighted by molar-refractivity contribution is -0.137. The zero-order chi connectivity index (χ0) is 17.0. The Kier molecular flexibility index (Phi) is 4.89. The van der Waals surface area contributed by atoms with E-state index in [0.717, 1.165) is 12.1 Å². The first-order valence-electron chi connectivity index (χ1n) is 6.65. The van der Waals surface area contributed by atoms with Gasteiger partial charge in [-0.1, -0.05) is 12.1 Å². The minimum Gasteiger partial charge on any atom is -0.387 e. The maximum absolute atomic E-state index is 12.6. The third kappa shape index (κ3) is 4.71. The molecule has 2 aromatic rings. The molecule has 0 aliphatic heterocycles. The molecule has 1 aromatic carbocycles. The Morgan fingerprint density at radius 3 is 2.74 bits per heavy atom. The number of urea groups is 1. The predicted molar refractivity (Wildman–Crippen MR) is 76.6 cm³/mol. The van der Waals surface area contributed by atoms with Crippen LogP contribution < -0.4 is 10.6 Å². The van der Waals surface area contributed by atoms with Gasteiger partial charge in [0.15, 0.2) is 5.82 Å². The van der Waals surface area contributed by atoms with E-state index in [1.54, 1.807) is 19.3 Å². The number of carbonyl (C=O) groups excluding carboxylic acids is 1. The second kappa shape index (κ2) is 6.69. The minimum absolute atomic E-state index is 0.0676. The smallest absolute Gasteiger partial charge is 0.387 e. The molecule has 0 saturated heterocycles. The van der Waals surface area contributed by atoms with Gasteiger partial charge >= 0.3 is 12.2 Å². The number of anilines is 1. The van der Waals surface area contributed by atoms with Crippen molar-refractivity contribution in [2.45, 2.75) is 12.3 Å². The molecule has 1 heterocycles. The Morgan fingerprint density at radius 2 is 2.13 bits per heavy atom. The molecule has 0 fully saturated rings. The number of aromatic nitrogens is 2. The summed E-state index contributed by atoms with van der Waals surface area (Å²) in [7, 11) is 1.68. The summed E-state index contributed by atoms with van der Waals surface area (Å²) in [4.78, 5) is 11.6. The fourth-order valence-corrected chi connectivity index (χ4v) is 1.87. The molecule has 124 valence electrons. The van der Waals surface area contributed by atoms with Gasteiger partial charge in [-0.3, -0.25) is 10.00 Å². The van der Waals surface area contributed by atoms with E-state index in [2.05, 4.69) is 15.7 Å². The van der Waals surface area contributed by atoms with Gasteiger partial charge in [0, 0.05) is 25.9 Å². The van der Waals surface area contributed by atoms with Crippen molar-refractivity contribution in [3.63, 3.8) is 0 Å². The van der Waals surface area contributed by atoms with Crippen molar-refractivity contribution in [3.05, 3.63) is 47.7 Å². The zero-order valence-electron chi connectivity index (χ0n) is 12.1. The number of alkyl halides is 3. The number of aryl methyl sites for hydroxylation is 1. The molecule has 0 bridgehead atoms. The van der Waals surface area contributed by atoms with E-state index in [0.29, 0.717) is 5.82 Å². The van der Waals surface area contributed by atoms with Crippen molar-refractivity contribution in [2.75, 3.05) is 11.9 Å². The summed E-state index contributed by atoms with van der Waals surface area (Å²) >= 11 is 0. The first-order valence-corrected chi connectivity index (χ1v) is 6.65. The van der Waals surface area contributed by atoms with E-state index >= 15 is 0 Å². The highest BCUT2D eigenvalue weighted by Gasteiger charge is 2.30. The molecule has 2 rings (SSSR count). The highest BCUT2D eigenvalue weighted by molar-refractivity contribution is 5.88. The lowest BCUT2D eigenvalue weighted by Crippen LogP contribution is -2.32. The molecular weight excluding hydrogens is 313 g/mol. The molecule has 1 aromatic heterocycles. The number of hydrogen-bond acceptors (Lipinski definition) is 3. The highest BCUT2D eigenvalue weighted by atomic mass is 19.4. The number of hydrogen-bond donors (Lipinski definition) is 3. The van der Waals surface area contributed by atoms with Crippen LogP contribution in [0.25, 0.3) is 0 Å². The van der Waals surface area contributed by atoms with Gasteiger partial charge in [0.2, 0.25) is 0 Å². The number of amides is 2. The van der Waals surface area contributed by atoms with Crippen molar-refractivity contribution >= 4 is 11.8 Å². The minimum atomic E-state index is -4.49. The van der Waals surface area contributed by atoms with E-state index in [9.17, 15) is 23.1 Å². The molecule has 0 saturated carbocycles. The van der Waals surface area contributed by atoms with Gasteiger partial charge in [-0.25, -0.2) is 4.79 Å². The second-order valence-electron chi connectivity index (χ2n) is 4.85. The molecule has 3 N–H and O–H groups in total. The van der Waals surface area contributed by atoms with Crippen molar-refractivity contribution in [3.8, 4) is 0 Å². The van der Waals surface area contributed by atoms with Crippen molar-refractivity contribution in [2.24, 2.45) is 7.05 Å². The van der Waals surface area contributed by atoms with Gasteiger partial charge in [-0.15, -0.1) is 0 Å². The quantitative estimate of drug-likeness (QED) is 0.806. The Morgan fingerprint density at radius 1 is 1.39 bits per heavy atom. The van der Waals surface area contributed by atoms with Crippen LogP contribution in [0.3, 0.4) is 0 Å². The van der Waals surface area contributed by atoms with Crippen LogP contribution in [0.4, 0.5) is 23.8 Å². The number of aliphatic hydroxyl groups excluding tert-OH is 1. The lowest BCUT2D eigenvalue weighted by atomic mass is 10.1. The number of aliphatic hydroxyl groups is 1. The third-order valence-electron chi connectivity index (χ3n) is 3.01. The van der Waals surface area contributed by atoms with Crippen LogP contribution in [-0.4, -0.2) is 27.5 Å². The number of carbonyl (C=O) groups is 1. The second-order valence-corrected chi connectivity index (χ2v) is 4.85. The topological polar surface area (TPSA) is 79.2 Å². The molecule has 2 amide bonds. The molecule has 0 spiro atoms. The van der Waals surface area contributed by atoms with Crippen molar-refractivity contribution in [1.29, 1.82) is 0 Å². The van der Waals surface area contributed by atoms with Crippen molar-refractivity contribution < 1.29 is 23.1 Å². The molecule has 1 unspecified atom stereocenters.